The lowest BCUT2D eigenvalue weighted by atomic mass is 9.99. The zero-order valence-electron chi connectivity index (χ0n) is 10.2. The fraction of sp³-hybridized carbons (Fsp3) is 0.308. The van der Waals surface area contributed by atoms with Crippen molar-refractivity contribution in [3.63, 3.8) is 0 Å². The third kappa shape index (κ3) is 2.76. The van der Waals surface area contributed by atoms with Crippen molar-refractivity contribution in [3.05, 3.63) is 46.2 Å². The summed E-state index contributed by atoms with van der Waals surface area (Å²) in [5.74, 6) is 0. The molecule has 2 aromatic rings. The van der Waals surface area contributed by atoms with Gasteiger partial charge < -0.3 is 4.84 Å². The monoisotopic (exact) mass is 277 g/mol. The number of nitrogens with zero attached hydrogens (tertiary/aromatic N) is 3. The Balaban J connectivity index is 1.66. The lowest BCUT2D eigenvalue weighted by molar-refractivity contribution is 0.130. The first-order valence-electron chi connectivity index (χ1n) is 6.08. The highest BCUT2D eigenvalue weighted by atomic mass is 35.5. The summed E-state index contributed by atoms with van der Waals surface area (Å²) in [6.07, 6.45) is 2.71. The molecule has 1 heterocycles. The van der Waals surface area contributed by atoms with Crippen molar-refractivity contribution in [2.24, 2.45) is 5.16 Å². The number of hydrogen-bond donors (Lipinski definition) is 0. The van der Waals surface area contributed by atoms with Crippen LogP contribution in [0.4, 0.5) is 0 Å². The molecule has 0 spiro atoms. The number of aromatic nitrogens is 2. The van der Waals surface area contributed by atoms with Gasteiger partial charge in [0, 0.05) is 5.02 Å². The first-order valence-corrected chi connectivity index (χ1v) is 6.46. The normalized spacial score (nSPS) is 16.4. The molecular weight excluding hydrogens is 266 g/mol. The van der Waals surface area contributed by atoms with Gasteiger partial charge in [-0.1, -0.05) is 34.0 Å². The first kappa shape index (κ1) is 12.2. The van der Waals surface area contributed by atoms with Crippen LogP contribution in [0.1, 0.15) is 29.8 Å². The molecule has 3 rings (SSSR count). The van der Waals surface area contributed by atoms with Gasteiger partial charge in [-0.15, -0.1) is 0 Å². The molecular formula is C13H12ClN3O2. The summed E-state index contributed by atoms with van der Waals surface area (Å²) in [7, 11) is 0. The summed E-state index contributed by atoms with van der Waals surface area (Å²) in [6.45, 7) is 0.404. The number of fused-ring (bicyclic) bond motifs is 1. The minimum atomic E-state index is 0.404. The van der Waals surface area contributed by atoms with Crippen LogP contribution < -0.4 is 0 Å². The zero-order valence-corrected chi connectivity index (χ0v) is 10.9. The highest BCUT2D eigenvalue weighted by Crippen LogP contribution is 2.18. The third-order valence-corrected chi connectivity index (χ3v) is 3.23. The van der Waals surface area contributed by atoms with Gasteiger partial charge in [0.05, 0.1) is 0 Å². The number of hydrogen-bond acceptors (Lipinski definition) is 5. The number of rotatable bonds is 3. The summed E-state index contributed by atoms with van der Waals surface area (Å²) in [5, 5.41) is 12.6. The highest BCUT2D eigenvalue weighted by Gasteiger charge is 2.21. The SMILES string of the molecule is Clc1ccc(CO/N=C2/CCCc3nonc32)cc1. The second kappa shape index (κ2) is 5.40. The van der Waals surface area contributed by atoms with Crippen LogP contribution in [0.5, 0.6) is 0 Å². The van der Waals surface area contributed by atoms with E-state index < -0.39 is 0 Å². The standard InChI is InChI=1S/C13H12ClN3O2/c14-10-6-4-9(5-7-10)8-18-15-11-2-1-3-12-13(11)17-19-16-12/h4-7H,1-3,8H2/b15-11-. The Bertz CT molecular complexity index is 592. The van der Waals surface area contributed by atoms with E-state index in [1.165, 1.54) is 0 Å². The minimum Gasteiger partial charge on any atom is -0.391 e. The summed E-state index contributed by atoms with van der Waals surface area (Å²) in [4.78, 5) is 5.36. The van der Waals surface area contributed by atoms with E-state index in [1.807, 2.05) is 24.3 Å². The van der Waals surface area contributed by atoms with Crippen molar-refractivity contribution in [3.8, 4) is 0 Å². The molecule has 0 aliphatic heterocycles. The first-order chi connectivity index (χ1) is 9.33. The van der Waals surface area contributed by atoms with Crippen molar-refractivity contribution in [1.82, 2.24) is 10.3 Å². The van der Waals surface area contributed by atoms with Gasteiger partial charge >= 0.3 is 0 Å². The molecule has 0 saturated carbocycles. The van der Waals surface area contributed by atoms with Crippen LogP contribution in [-0.2, 0) is 17.9 Å². The Labute approximate surface area is 115 Å². The molecule has 0 bridgehead atoms. The second-order valence-corrected chi connectivity index (χ2v) is 4.79. The van der Waals surface area contributed by atoms with E-state index in [2.05, 4.69) is 15.5 Å². The Morgan fingerprint density at radius 3 is 2.89 bits per heavy atom. The van der Waals surface area contributed by atoms with Gasteiger partial charge in [0.2, 0.25) is 0 Å². The topological polar surface area (TPSA) is 60.5 Å². The molecule has 1 aromatic heterocycles. The van der Waals surface area contributed by atoms with E-state index in [9.17, 15) is 0 Å². The van der Waals surface area contributed by atoms with Crippen molar-refractivity contribution >= 4 is 17.3 Å². The molecule has 0 fully saturated rings. The maximum Gasteiger partial charge on any atom is 0.155 e. The maximum absolute atomic E-state index is 5.82. The molecule has 5 nitrogen and oxygen atoms in total. The van der Waals surface area contributed by atoms with E-state index in [-0.39, 0.29) is 0 Å². The fourth-order valence-corrected chi connectivity index (χ4v) is 2.11. The Hall–Kier alpha value is -1.88. The van der Waals surface area contributed by atoms with Crippen molar-refractivity contribution in [1.29, 1.82) is 0 Å². The predicted molar refractivity (Wildman–Crippen MR) is 70.0 cm³/mol. The molecule has 6 heteroatoms. The van der Waals surface area contributed by atoms with Crippen LogP contribution in [0.25, 0.3) is 0 Å². The third-order valence-electron chi connectivity index (χ3n) is 2.98. The average Bonchev–Trinajstić information content (AvgIpc) is 2.90. The number of halogens is 1. The predicted octanol–water partition coefficient (Wildman–Crippen LogP) is 2.98. The molecule has 98 valence electrons. The Kier molecular flexibility index (Phi) is 3.46. The minimum absolute atomic E-state index is 0.404. The number of benzene rings is 1. The van der Waals surface area contributed by atoms with E-state index in [0.717, 1.165) is 41.9 Å². The Morgan fingerprint density at radius 2 is 2.05 bits per heavy atom. The van der Waals surface area contributed by atoms with Crippen molar-refractivity contribution in [2.75, 3.05) is 0 Å². The van der Waals surface area contributed by atoms with Gasteiger partial charge in [0.1, 0.15) is 18.0 Å². The molecule has 0 atom stereocenters. The van der Waals surface area contributed by atoms with E-state index in [1.54, 1.807) is 0 Å². The van der Waals surface area contributed by atoms with Gasteiger partial charge in [-0.05, 0) is 42.1 Å². The second-order valence-electron chi connectivity index (χ2n) is 4.35. The smallest absolute Gasteiger partial charge is 0.155 e. The van der Waals surface area contributed by atoms with Gasteiger partial charge in [-0.2, -0.15) is 0 Å². The van der Waals surface area contributed by atoms with Gasteiger partial charge in [-0.25, -0.2) is 4.63 Å². The number of aryl methyl sites for hydroxylation is 1. The van der Waals surface area contributed by atoms with Gasteiger partial charge in [0.25, 0.3) is 0 Å². The van der Waals surface area contributed by atoms with Gasteiger partial charge in [0.15, 0.2) is 5.69 Å². The van der Waals surface area contributed by atoms with Gasteiger partial charge in [-0.3, -0.25) is 0 Å². The van der Waals surface area contributed by atoms with E-state index in [4.69, 9.17) is 21.1 Å². The fourth-order valence-electron chi connectivity index (χ4n) is 1.99. The number of oxime groups is 1. The lowest BCUT2D eigenvalue weighted by Gasteiger charge is -2.09. The Morgan fingerprint density at radius 1 is 1.21 bits per heavy atom. The molecule has 0 unspecified atom stereocenters. The zero-order chi connectivity index (χ0) is 13.1. The molecule has 1 aliphatic rings. The maximum atomic E-state index is 5.82. The van der Waals surface area contributed by atoms with Crippen LogP contribution in [0.15, 0.2) is 34.1 Å². The lowest BCUT2D eigenvalue weighted by Crippen LogP contribution is -2.12. The van der Waals surface area contributed by atoms with Crippen LogP contribution in [0.2, 0.25) is 5.02 Å². The van der Waals surface area contributed by atoms with Crippen LogP contribution in [0.3, 0.4) is 0 Å². The summed E-state index contributed by atoms with van der Waals surface area (Å²) < 4.78 is 4.72. The molecule has 0 amide bonds. The van der Waals surface area contributed by atoms with E-state index in [0.29, 0.717) is 11.6 Å². The quantitative estimate of drug-likeness (QED) is 0.809. The van der Waals surface area contributed by atoms with Crippen molar-refractivity contribution < 1.29 is 9.47 Å². The summed E-state index contributed by atoms with van der Waals surface area (Å²) in [6, 6.07) is 7.47. The molecule has 1 aromatic carbocycles. The van der Waals surface area contributed by atoms with E-state index >= 15 is 0 Å². The molecule has 1 aliphatic carbocycles. The molecule has 0 N–H and O–H groups in total. The molecule has 19 heavy (non-hydrogen) atoms. The average molecular weight is 278 g/mol. The van der Waals surface area contributed by atoms with Crippen LogP contribution in [-0.4, -0.2) is 16.0 Å². The molecule has 0 saturated heterocycles. The highest BCUT2D eigenvalue weighted by molar-refractivity contribution is 6.30. The summed E-state index contributed by atoms with van der Waals surface area (Å²) in [5.41, 5.74) is 3.40. The largest absolute Gasteiger partial charge is 0.391 e. The van der Waals surface area contributed by atoms with Crippen LogP contribution >= 0.6 is 11.6 Å². The molecule has 0 radical (unpaired) electrons. The summed E-state index contributed by atoms with van der Waals surface area (Å²) >= 11 is 5.82. The van der Waals surface area contributed by atoms with Crippen LogP contribution in [0, 0.1) is 0 Å². The van der Waals surface area contributed by atoms with Crippen molar-refractivity contribution in [2.45, 2.75) is 25.9 Å².